The van der Waals surface area contributed by atoms with Crippen molar-refractivity contribution in [3.05, 3.63) is 35.1 Å². The van der Waals surface area contributed by atoms with Gasteiger partial charge in [-0.2, -0.15) is 0 Å². The lowest BCUT2D eigenvalue weighted by Crippen LogP contribution is -2.46. The summed E-state index contributed by atoms with van der Waals surface area (Å²) < 4.78 is 0. The van der Waals surface area contributed by atoms with Crippen molar-refractivity contribution in [3.63, 3.8) is 0 Å². The summed E-state index contributed by atoms with van der Waals surface area (Å²) in [5, 5.41) is 3.51. The zero-order valence-electron chi connectivity index (χ0n) is 13.5. The van der Waals surface area contributed by atoms with Gasteiger partial charge < -0.3 is 20.1 Å². The number of aromatic amines is 1. The number of halogens is 1. The minimum Gasteiger partial charge on any atom is -0.356 e. The second kappa shape index (κ2) is 8.17. The maximum absolute atomic E-state index is 12.3. The molecule has 1 aliphatic heterocycles. The molecule has 1 aromatic rings. The molecular weight excluding hydrogens is 316 g/mol. The molecule has 0 radical (unpaired) electrons. The summed E-state index contributed by atoms with van der Waals surface area (Å²) in [7, 11) is 3.90. The van der Waals surface area contributed by atoms with E-state index in [4.69, 9.17) is 11.6 Å². The molecule has 1 fully saturated rings. The Balaban J connectivity index is 1.76. The van der Waals surface area contributed by atoms with Crippen LogP contribution in [0.15, 0.2) is 24.4 Å². The molecule has 0 aromatic carbocycles. The maximum atomic E-state index is 12.3. The van der Waals surface area contributed by atoms with Crippen LogP contribution in [0.1, 0.15) is 23.3 Å². The van der Waals surface area contributed by atoms with Crippen molar-refractivity contribution in [2.45, 2.75) is 18.9 Å². The first kappa shape index (κ1) is 17.6. The summed E-state index contributed by atoms with van der Waals surface area (Å²) in [5.41, 5.74) is 0.504. The molecule has 126 valence electrons. The first-order valence-electron chi connectivity index (χ1n) is 7.70. The normalized spacial score (nSPS) is 16.3. The third-order valence-electron chi connectivity index (χ3n) is 3.75. The number of likely N-dealkylation sites (N-methyl/N-ethyl adjacent to an activating group) is 1. The lowest BCUT2D eigenvalue weighted by Gasteiger charge is -2.32. The van der Waals surface area contributed by atoms with Crippen LogP contribution in [-0.4, -0.2) is 66.4 Å². The summed E-state index contributed by atoms with van der Waals surface area (Å²) in [5.74, 6) is -0.125. The molecule has 2 heterocycles. The van der Waals surface area contributed by atoms with Gasteiger partial charge in [0.15, 0.2) is 0 Å². The predicted molar refractivity (Wildman–Crippen MR) is 90.6 cm³/mol. The van der Waals surface area contributed by atoms with Crippen LogP contribution >= 0.6 is 11.6 Å². The third-order valence-corrected chi connectivity index (χ3v) is 3.96. The van der Waals surface area contributed by atoms with E-state index in [0.29, 0.717) is 23.8 Å². The number of aromatic nitrogens is 1. The van der Waals surface area contributed by atoms with Gasteiger partial charge in [-0.05, 0) is 33.0 Å². The standard InChI is InChI=1S/C16H23ClN4O2/c1-20(2)7-3-4-15(22)19-13-5-8-21(9-6-13)16(23)14-10-12(17)11-18-14/h3-4,10-11,13,18H,5-9H2,1-2H3,(H,19,22)/b4-3+. The average molecular weight is 339 g/mol. The largest absolute Gasteiger partial charge is 0.356 e. The van der Waals surface area contributed by atoms with E-state index < -0.39 is 0 Å². The molecule has 1 saturated heterocycles. The summed E-state index contributed by atoms with van der Waals surface area (Å²) in [6.45, 7) is 1.99. The van der Waals surface area contributed by atoms with E-state index >= 15 is 0 Å². The number of nitrogens with zero attached hydrogens (tertiary/aromatic N) is 2. The van der Waals surface area contributed by atoms with Gasteiger partial charge in [0.25, 0.3) is 5.91 Å². The number of amides is 2. The molecular formula is C16H23ClN4O2. The van der Waals surface area contributed by atoms with Crippen molar-refractivity contribution in [2.24, 2.45) is 0 Å². The first-order chi connectivity index (χ1) is 11.0. The highest BCUT2D eigenvalue weighted by atomic mass is 35.5. The van der Waals surface area contributed by atoms with E-state index in [1.165, 1.54) is 0 Å². The van der Waals surface area contributed by atoms with Crippen LogP contribution in [0.4, 0.5) is 0 Å². The minimum atomic E-state index is -0.0761. The fourth-order valence-corrected chi connectivity index (χ4v) is 2.67. The lowest BCUT2D eigenvalue weighted by molar-refractivity contribution is -0.117. The van der Waals surface area contributed by atoms with Crippen LogP contribution in [0.3, 0.4) is 0 Å². The van der Waals surface area contributed by atoms with Gasteiger partial charge in [0, 0.05) is 37.9 Å². The average Bonchev–Trinajstić information content (AvgIpc) is 2.93. The Hall–Kier alpha value is -1.79. The monoisotopic (exact) mass is 338 g/mol. The van der Waals surface area contributed by atoms with E-state index in [2.05, 4.69) is 10.3 Å². The van der Waals surface area contributed by atoms with Gasteiger partial charge in [-0.25, -0.2) is 0 Å². The quantitative estimate of drug-likeness (QED) is 0.800. The van der Waals surface area contributed by atoms with Crippen LogP contribution < -0.4 is 5.32 Å². The number of carbonyl (C=O) groups excluding carboxylic acids is 2. The van der Waals surface area contributed by atoms with Crippen molar-refractivity contribution in [1.82, 2.24) is 20.1 Å². The zero-order chi connectivity index (χ0) is 16.8. The van der Waals surface area contributed by atoms with Crippen molar-refractivity contribution >= 4 is 23.4 Å². The van der Waals surface area contributed by atoms with Crippen LogP contribution in [0.25, 0.3) is 0 Å². The highest BCUT2D eigenvalue weighted by molar-refractivity contribution is 6.30. The molecule has 2 amide bonds. The molecule has 7 heteroatoms. The summed E-state index contributed by atoms with van der Waals surface area (Å²) in [4.78, 5) is 30.7. The first-order valence-corrected chi connectivity index (χ1v) is 8.08. The van der Waals surface area contributed by atoms with Crippen molar-refractivity contribution in [3.8, 4) is 0 Å². The van der Waals surface area contributed by atoms with Crippen LogP contribution in [0.2, 0.25) is 5.02 Å². The molecule has 0 bridgehead atoms. The Labute approximate surface area is 141 Å². The molecule has 23 heavy (non-hydrogen) atoms. The van der Waals surface area contributed by atoms with Crippen molar-refractivity contribution in [2.75, 3.05) is 33.7 Å². The van der Waals surface area contributed by atoms with Crippen molar-refractivity contribution < 1.29 is 9.59 Å². The number of hydrogen-bond acceptors (Lipinski definition) is 3. The van der Waals surface area contributed by atoms with Gasteiger partial charge in [0.1, 0.15) is 5.69 Å². The molecule has 0 saturated carbocycles. The SMILES string of the molecule is CN(C)C/C=C/C(=O)NC1CCN(C(=O)c2cc(Cl)c[nH]2)CC1. The highest BCUT2D eigenvalue weighted by Gasteiger charge is 2.24. The zero-order valence-corrected chi connectivity index (χ0v) is 14.3. The Morgan fingerprint density at radius 3 is 2.70 bits per heavy atom. The third kappa shape index (κ3) is 5.41. The van der Waals surface area contributed by atoms with Gasteiger partial charge in [-0.15, -0.1) is 0 Å². The van der Waals surface area contributed by atoms with Gasteiger partial charge >= 0.3 is 0 Å². The molecule has 0 aliphatic carbocycles. The number of hydrogen-bond donors (Lipinski definition) is 2. The van der Waals surface area contributed by atoms with Gasteiger partial charge in [-0.1, -0.05) is 17.7 Å². The number of H-pyrrole nitrogens is 1. The van der Waals surface area contributed by atoms with Gasteiger partial charge in [-0.3, -0.25) is 9.59 Å². The minimum absolute atomic E-state index is 0.0486. The second-order valence-electron chi connectivity index (χ2n) is 5.97. The summed E-state index contributed by atoms with van der Waals surface area (Å²) in [6.07, 6.45) is 6.52. The summed E-state index contributed by atoms with van der Waals surface area (Å²) >= 11 is 5.83. The molecule has 2 N–H and O–H groups in total. The fraction of sp³-hybridized carbons (Fsp3) is 0.500. The maximum Gasteiger partial charge on any atom is 0.270 e. The highest BCUT2D eigenvalue weighted by Crippen LogP contribution is 2.16. The van der Waals surface area contributed by atoms with E-state index in [-0.39, 0.29) is 17.9 Å². The fourth-order valence-electron chi connectivity index (χ4n) is 2.51. The number of piperidine rings is 1. The van der Waals surface area contributed by atoms with Crippen molar-refractivity contribution in [1.29, 1.82) is 0 Å². The van der Waals surface area contributed by atoms with Crippen LogP contribution in [0.5, 0.6) is 0 Å². The molecule has 6 nitrogen and oxygen atoms in total. The van der Waals surface area contributed by atoms with E-state index in [1.807, 2.05) is 25.1 Å². The second-order valence-corrected chi connectivity index (χ2v) is 6.41. The Bertz CT molecular complexity index is 574. The smallest absolute Gasteiger partial charge is 0.270 e. The van der Waals surface area contributed by atoms with Gasteiger partial charge in [0.05, 0.1) is 5.02 Å². The number of likely N-dealkylation sites (tertiary alicyclic amines) is 1. The molecule has 1 aliphatic rings. The predicted octanol–water partition coefficient (Wildman–Crippen LogP) is 1.51. The lowest BCUT2D eigenvalue weighted by atomic mass is 10.0. The van der Waals surface area contributed by atoms with Gasteiger partial charge in [0.2, 0.25) is 5.91 Å². The molecule has 2 rings (SSSR count). The molecule has 0 atom stereocenters. The molecule has 1 aromatic heterocycles. The van der Waals surface area contributed by atoms with E-state index in [0.717, 1.165) is 19.4 Å². The van der Waals surface area contributed by atoms with Crippen LogP contribution in [-0.2, 0) is 4.79 Å². The van der Waals surface area contributed by atoms with E-state index in [1.54, 1.807) is 23.2 Å². The summed E-state index contributed by atoms with van der Waals surface area (Å²) in [6, 6.07) is 1.75. The van der Waals surface area contributed by atoms with Crippen LogP contribution in [0, 0.1) is 0 Å². The Morgan fingerprint density at radius 2 is 2.13 bits per heavy atom. The Kier molecular flexibility index (Phi) is 6.24. The molecule has 0 unspecified atom stereocenters. The number of rotatable bonds is 5. The van der Waals surface area contributed by atoms with E-state index in [9.17, 15) is 9.59 Å². The Morgan fingerprint density at radius 1 is 1.43 bits per heavy atom. The number of carbonyl (C=O) groups is 2. The molecule has 0 spiro atoms. The topological polar surface area (TPSA) is 68.4 Å². The number of nitrogens with one attached hydrogen (secondary N) is 2.